The Balaban J connectivity index is 1.51. The van der Waals surface area contributed by atoms with Crippen LogP contribution in [0.1, 0.15) is 20.9 Å². The molecule has 1 aliphatic rings. The van der Waals surface area contributed by atoms with Crippen LogP contribution in [0.3, 0.4) is 0 Å². The second kappa shape index (κ2) is 8.96. The number of benzene rings is 2. The molecule has 0 aliphatic heterocycles. The molecular weight excluding hydrogens is 494 g/mol. The molecule has 0 radical (unpaired) electrons. The molecule has 0 amide bonds. The number of rotatable bonds is 4. The van der Waals surface area contributed by atoms with Gasteiger partial charge in [0, 0.05) is 41.8 Å². The number of nitrogens with two attached hydrogens (primary N) is 2. The molecule has 4 aromatic rings. The van der Waals surface area contributed by atoms with Crippen LogP contribution in [-0.4, -0.2) is 11.4 Å². The van der Waals surface area contributed by atoms with Crippen molar-refractivity contribution in [3.05, 3.63) is 105 Å². The molecule has 2 aromatic carbocycles. The standard InChI is InChI=1S/C28H22F2N4S2/c1-13-3-5-15(17(29)11-13)19-7-9-21(35-19)23-25(31)27(33)24(28(34)26(23)32)22-10-8-20(36-22)16-6-4-14(2)12-18(16)30/h3-12,31,34H,32-33H2,1-2H3. The Bertz CT molecular complexity index is 1520. The molecule has 0 spiro atoms. The zero-order chi connectivity index (χ0) is 25.7. The first-order valence-corrected chi connectivity index (χ1v) is 12.7. The topological polar surface area (TPSA) is 99.7 Å². The minimum Gasteiger partial charge on any atom is -0.396 e. The van der Waals surface area contributed by atoms with E-state index < -0.39 is 0 Å². The highest BCUT2D eigenvalue weighted by atomic mass is 32.1. The van der Waals surface area contributed by atoms with Gasteiger partial charge in [0.1, 0.15) is 11.6 Å². The van der Waals surface area contributed by atoms with Crippen LogP contribution in [0, 0.1) is 36.3 Å². The van der Waals surface area contributed by atoms with Crippen molar-refractivity contribution in [2.45, 2.75) is 13.8 Å². The Morgan fingerprint density at radius 1 is 0.583 bits per heavy atom. The lowest BCUT2D eigenvalue weighted by atomic mass is 9.88. The maximum Gasteiger partial charge on any atom is 0.132 e. The van der Waals surface area contributed by atoms with Gasteiger partial charge in [-0.1, -0.05) is 24.3 Å². The highest BCUT2D eigenvalue weighted by molar-refractivity contribution is 7.17. The lowest BCUT2D eigenvalue weighted by Crippen LogP contribution is -2.28. The molecule has 0 saturated heterocycles. The second-order valence-corrected chi connectivity index (χ2v) is 10.8. The molecule has 2 aromatic heterocycles. The van der Waals surface area contributed by atoms with Gasteiger partial charge in [0.25, 0.3) is 0 Å². The molecule has 0 atom stereocenters. The van der Waals surface area contributed by atoms with Crippen molar-refractivity contribution in [2.75, 3.05) is 0 Å². The Kier molecular flexibility index (Phi) is 5.94. The third-order valence-electron chi connectivity index (χ3n) is 6.06. The van der Waals surface area contributed by atoms with Crippen LogP contribution < -0.4 is 11.5 Å². The molecule has 0 unspecified atom stereocenters. The van der Waals surface area contributed by atoms with Crippen molar-refractivity contribution in [3.8, 4) is 20.9 Å². The van der Waals surface area contributed by atoms with Crippen LogP contribution in [0.25, 0.3) is 32.0 Å². The predicted octanol–water partition coefficient (Wildman–Crippen LogP) is 7.13. The SMILES string of the molecule is Cc1ccc(-c2ccc(C3=C(N)C(=N)C(c4ccc(-c5ccc(C)cc5F)s4)=C(N)C3=N)s2)c(F)c1. The molecule has 180 valence electrons. The molecule has 5 rings (SSSR count). The number of nitrogens with one attached hydrogen (secondary N) is 2. The molecule has 2 heterocycles. The molecule has 0 saturated carbocycles. The normalized spacial score (nSPS) is 14.2. The Hall–Kier alpha value is -3.88. The minimum atomic E-state index is -0.322. The van der Waals surface area contributed by atoms with Crippen molar-refractivity contribution in [1.29, 1.82) is 10.8 Å². The third kappa shape index (κ3) is 3.98. The van der Waals surface area contributed by atoms with E-state index in [1.54, 1.807) is 36.4 Å². The van der Waals surface area contributed by atoms with Gasteiger partial charge in [-0.2, -0.15) is 0 Å². The van der Waals surface area contributed by atoms with E-state index in [9.17, 15) is 8.78 Å². The number of halogens is 2. The van der Waals surface area contributed by atoms with Gasteiger partial charge < -0.3 is 11.5 Å². The second-order valence-electron chi connectivity index (χ2n) is 8.62. The van der Waals surface area contributed by atoms with Gasteiger partial charge in [-0.25, -0.2) is 8.78 Å². The zero-order valence-corrected chi connectivity index (χ0v) is 21.1. The van der Waals surface area contributed by atoms with Crippen molar-refractivity contribution < 1.29 is 8.78 Å². The van der Waals surface area contributed by atoms with E-state index in [-0.39, 0.29) is 34.5 Å². The highest BCUT2D eigenvalue weighted by Gasteiger charge is 2.30. The molecular formula is C28H22F2N4S2. The number of hydrogen-bond acceptors (Lipinski definition) is 6. The quantitative estimate of drug-likeness (QED) is 0.217. The van der Waals surface area contributed by atoms with E-state index in [0.29, 0.717) is 41.8 Å². The number of allylic oxidation sites excluding steroid dienone is 2. The Morgan fingerprint density at radius 2 is 0.944 bits per heavy atom. The maximum atomic E-state index is 14.5. The first-order valence-electron chi connectivity index (χ1n) is 11.1. The van der Waals surface area contributed by atoms with E-state index in [0.717, 1.165) is 11.1 Å². The van der Waals surface area contributed by atoms with E-state index in [1.807, 2.05) is 26.0 Å². The summed E-state index contributed by atoms with van der Waals surface area (Å²) in [6.45, 7) is 3.65. The largest absolute Gasteiger partial charge is 0.396 e. The van der Waals surface area contributed by atoms with E-state index in [2.05, 4.69) is 0 Å². The molecule has 8 heteroatoms. The van der Waals surface area contributed by atoms with Crippen molar-refractivity contribution in [3.63, 3.8) is 0 Å². The molecule has 0 fully saturated rings. The van der Waals surface area contributed by atoms with Crippen LogP contribution in [0.4, 0.5) is 8.78 Å². The number of hydrogen-bond donors (Lipinski definition) is 4. The van der Waals surface area contributed by atoms with Crippen molar-refractivity contribution in [1.82, 2.24) is 0 Å². The fourth-order valence-corrected chi connectivity index (χ4v) is 6.37. The lowest BCUT2D eigenvalue weighted by Gasteiger charge is -2.22. The minimum absolute atomic E-state index is 0.00717. The fourth-order valence-electron chi connectivity index (χ4n) is 4.17. The summed E-state index contributed by atoms with van der Waals surface area (Å²) in [4.78, 5) is 2.65. The van der Waals surface area contributed by atoms with Crippen molar-refractivity contribution >= 4 is 45.2 Å². The summed E-state index contributed by atoms with van der Waals surface area (Å²) >= 11 is 2.59. The van der Waals surface area contributed by atoms with Gasteiger partial charge >= 0.3 is 0 Å². The summed E-state index contributed by atoms with van der Waals surface area (Å²) in [5, 5.41) is 17.5. The van der Waals surface area contributed by atoms with Gasteiger partial charge in [-0.3, -0.25) is 10.8 Å². The van der Waals surface area contributed by atoms with Gasteiger partial charge in [0.2, 0.25) is 0 Å². The van der Waals surface area contributed by atoms with Crippen LogP contribution >= 0.6 is 22.7 Å². The van der Waals surface area contributed by atoms with Gasteiger partial charge in [-0.15, -0.1) is 22.7 Å². The molecule has 36 heavy (non-hydrogen) atoms. The van der Waals surface area contributed by atoms with Crippen LogP contribution in [-0.2, 0) is 0 Å². The molecule has 4 nitrogen and oxygen atoms in total. The van der Waals surface area contributed by atoms with E-state index >= 15 is 0 Å². The summed E-state index contributed by atoms with van der Waals surface area (Å²) in [7, 11) is 0. The highest BCUT2D eigenvalue weighted by Crippen LogP contribution is 2.41. The Morgan fingerprint density at radius 3 is 1.31 bits per heavy atom. The zero-order valence-electron chi connectivity index (χ0n) is 19.5. The molecule has 6 N–H and O–H groups in total. The number of aryl methyl sites for hydroxylation is 2. The summed E-state index contributed by atoms with van der Waals surface area (Å²) in [5.41, 5.74) is 16.3. The predicted molar refractivity (Wildman–Crippen MR) is 147 cm³/mol. The summed E-state index contributed by atoms with van der Waals surface area (Å²) in [6, 6.07) is 17.2. The first kappa shape index (κ1) is 23.8. The maximum absolute atomic E-state index is 14.5. The van der Waals surface area contributed by atoms with Crippen LogP contribution in [0.5, 0.6) is 0 Å². The summed E-state index contributed by atoms with van der Waals surface area (Å²) in [5.74, 6) is -0.644. The summed E-state index contributed by atoms with van der Waals surface area (Å²) in [6.07, 6.45) is 0. The smallest absolute Gasteiger partial charge is 0.132 e. The van der Waals surface area contributed by atoms with Gasteiger partial charge in [0.15, 0.2) is 0 Å². The molecule has 1 aliphatic carbocycles. The van der Waals surface area contributed by atoms with Crippen LogP contribution in [0.2, 0.25) is 0 Å². The first-order chi connectivity index (χ1) is 17.2. The van der Waals surface area contributed by atoms with E-state index in [4.69, 9.17) is 22.3 Å². The van der Waals surface area contributed by atoms with Crippen molar-refractivity contribution in [2.24, 2.45) is 11.5 Å². The Labute approximate surface area is 215 Å². The number of thiophene rings is 2. The average molecular weight is 517 g/mol. The lowest BCUT2D eigenvalue weighted by molar-refractivity contribution is 0.630. The van der Waals surface area contributed by atoms with Gasteiger partial charge in [-0.05, 0) is 61.4 Å². The summed E-state index contributed by atoms with van der Waals surface area (Å²) < 4.78 is 29.0. The monoisotopic (exact) mass is 516 g/mol. The van der Waals surface area contributed by atoms with Gasteiger partial charge in [0.05, 0.1) is 22.8 Å². The fraction of sp³-hybridized carbons (Fsp3) is 0.0714. The van der Waals surface area contributed by atoms with E-state index in [1.165, 1.54) is 34.8 Å². The third-order valence-corrected chi connectivity index (χ3v) is 8.33. The average Bonchev–Trinajstić information content (AvgIpc) is 3.49. The molecule has 0 bridgehead atoms. The van der Waals surface area contributed by atoms with Crippen LogP contribution in [0.15, 0.2) is 72.1 Å².